The summed E-state index contributed by atoms with van der Waals surface area (Å²) in [5, 5.41) is 3.50. The van der Waals surface area contributed by atoms with E-state index in [1.165, 1.54) is 55.7 Å². The van der Waals surface area contributed by atoms with Gasteiger partial charge >= 0.3 is 0 Å². The molecule has 1 unspecified atom stereocenters. The molecule has 2 heterocycles. The summed E-state index contributed by atoms with van der Waals surface area (Å²) < 4.78 is 0. The average Bonchev–Trinajstić information content (AvgIpc) is 2.88. The summed E-state index contributed by atoms with van der Waals surface area (Å²) in [4.78, 5) is 7.37. The lowest BCUT2D eigenvalue weighted by Gasteiger charge is -2.35. The van der Waals surface area contributed by atoms with Crippen LogP contribution in [0.3, 0.4) is 0 Å². The molecule has 0 aromatic carbocycles. The van der Waals surface area contributed by atoms with Gasteiger partial charge in [0.15, 0.2) is 0 Å². The zero-order valence-electron chi connectivity index (χ0n) is 11.3. The summed E-state index contributed by atoms with van der Waals surface area (Å²) in [5.74, 6) is 1.19. The molecular weight excluding hydrogens is 222 g/mol. The van der Waals surface area contributed by atoms with E-state index >= 15 is 0 Å². The summed E-state index contributed by atoms with van der Waals surface area (Å²) in [7, 11) is 0. The summed E-state index contributed by atoms with van der Waals surface area (Å²) in [6.07, 6.45) is 6.25. The van der Waals surface area contributed by atoms with Crippen LogP contribution < -0.4 is 10.2 Å². The van der Waals surface area contributed by atoms with Crippen molar-refractivity contribution in [3.63, 3.8) is 0 Å². The molecule has 1 aliphatic heterocycles. The molecule has 0 spiro atoms. The molecule has 0 amide bonds. The highest BCUT2D eigenvalue weighted by Gasteiger charge is 2.22. The Morgan fingerprint density at radius 3 is 3.06 bits per heavy atom. The molecule has 0 saturated carbocycles. The van der Waals surface area contributed by atoms with Crippen molar-refractivity contribution in [3.8, 4) is 0 Å². The van der Waals surface area contributed by atoms with Crippen LogP contribution in [0.25, 0.3) is 0 Å². The Kier molecular flexibility index (Phi) is 3.50. The smallest absolute Gasteiger partial charge is 0.129 e. The van der Waals surface area contributed by atoms with Crippen LogP contribution in [0.2, 0.25) is 0 Å². The molecular formula is C15H23N3. The van der Waals surface area contributed by atoms with Crippen molar-refractivity contribution < 1.29 is 0 Å². The van der Waals surface area contributed by atoms with Crippen molar-refractivity contribution in [1.29, 1.82) is 0 Å². The number of pyridine rings is 1. The van der Waals surface area contributed by atoms with Crippen LogP contribution in [0, 0.1) is 0 Å². The van der Waals surface area contributed by atoms with Crippen LogP contribution in [0.4, 0.5) is 5.82 Å². The number of hydrogen-bond acceptors (Lipinski definition) is 3. The van der Waals surface area contributed by atoms with Crippen LogP contribution in [0.15, 0.2) is 12.1 Å². The van der Waals surface area contributed by atoms with E-state index in [1.807, 2.05) is 0 Å². The molecule has 2 aliphatic rings. The van der Waals surface area contributed by atoms with Crippen molar-refractivity contribution in [1.82, 2.24) is 10.3 Å². The standard InChI is InChI=1S/C15H23N3/c1-2-18(13-6-4-10-16-11-13)15-9-8-12-5-3-7-14(12)17-15/h8-9,13,16H,2-7,10-11H2,1H3. The van der Waals surface area contributed by atoms with Crippen LogP contribution in [-0.4, -0.2) is 30.7 Å². The van der Waals surface area contributed by atoms with Gasteiger partial charge in [-0.1, -0.05) is 6.07 Å². The highest BCUT2D eigenvalue weighted by atomic mass is 15.2. The van der Waals surface area contributed by atoms with Crippen molar-refractivity contribution in [2.24, 2.45) is 0 Å². The number of aryl methyl sites for hydroxylation is 2. The van der Waals surface area contributed by atoms with E-state index in [0.717, 1.165) is 13.1 Å². The quantitative estimate of drug-likeness (QED) is 0.884. The van der Waals surface area contributed by atoms with Gasteiger partial charge in [-0.15, -0.1) is 0 Å². The third-order valence-electron chi connectivity index (χ3n) is 4.26. The van der Waals surface area contributed by atoms with Gasteiger partial charge in [-0.2, -0.15) is 0 Å². The number of fused-ring (bicyclic) bond motifs is 1. The number of nitrogens with zero attached hydrogens (tertiary/aromatic N) is 2. The molecule has 1 aliphatic carbocycles. The van der Waals surface area contributed by atoms with Gasteiger partial charge in [0.2, 0.25) is 0 Å². The largest absolute Gasteiger partial charge is 0.353 e. The molecule has 3 rings (SSSR count). The predicted octanol–water partition coefficient (Wildman–Crippen LogP) is 2.15. The van der Waals surface area contributed by atoms with E-state index in [9.17, 15) is 0 Å². The maximum atomic E-state index is 4.90. The van der Waals surface area contributed by atoms with Gasteiger partial charge in [0.05, 0.1) is 0 Å². The van der Waals surface area contributed by atoms with E-state index in [0.29, 0.717) is 6.04 Å². The number of hydrogen-bond donors (Lipinski definition) is 1. The second kappa shape index (κ2) is 5.27. The fourth-order valence-corrected chi connectivity index (χ4v) is 3.28. The van der Waals surface area contributed by atoms with E-state index in [4.69, 9.17) is 4.98 Å². The van der Waals surface area contributed by atoms with E-state index in [2.05, 4.69) is 29.3 Å². The first-order valence-corrected chi connectivity index (χ1v) is 7.34. The highest BCUT2D eigenvalue weighted by molar-refractivity contribution is 5.44. The first kappa shape index (κ1) is 12.0. The molecule has 1 aromatic heterocycles. The molecule has 3 nitrogen and oxygen atoms in total. The van der Waals surface area contributed by atoms with Gasteiger partial charge in [0.25, 0.3) is 0 Å². The van der Waals surface area contributed by atoms with Gasteiger partial charge in [0.1, 0.15) is 5.82 Å². The van der Waals surface area contributed by atoms with Gasteiger partial charge in [-0.05, 0) is 57.2 Å². The number of anilines is 1. The lowest BCUT2D eigenvalue weighted by molar-refractivity contribution is 0.433. The minimum Gasteiger partial charge on any atom is -0.353 e. The van der Waals surface area contributed by atoms with Crippen molar-refractivity contribution in [2.75, 3.05) is 24.5 Å². The fourth-order valence-electron chi connectivity index (χ4n) is 3.28. The molecule has 18 heavy (non-hydrogen) atoms. The Bertz CT molecular complexity index is 410. The lowest BCUT2D eigenvalue weighted by Crippen LogP contribution is -2.46. The molecule has 3 heteroatoms. The predicted molar refractivity (Wildman–Crippen MR) is 75.2 cm³/mol. The van der Waals surface area contributed by atoms with Crippen LogP contribution >= 0.6 is 0 Å². The second-order valence-corrected chi connectivity index (χ2v) is 5.42. The summed E-state index contributed by atoms with van der Waals surface area (Å²) in [5.41, 5.74) is 2.81. The van der Waals surface area contributed by atoms with Gasteiger partial charge in [0, 0.05) is 24.8 Å². The van der Waals surface area contributed by atoms with E-state index in [-0.39, 0.29) is 0 Å². The number of likely N-dealkylation sites (N-methyl/N-ethyl adjacent to an activating group) is 1. The Morgan fingerprint density at radius 2 is 2.28 bits per heavy atom. The highest BCUT2D eigenvalue weighted by Crippen LogP contribution is 2.25. The molecule has 1 atom stereocenters. The van der Waals surface area contributed by atoms with Gasteiger partial charge < -0.3 is 10.2 Å². The van der Waals surface area contributed by atoms with Gasteiger partial charge in [-0.3, -0.25) is 0 Å². The Balaban J connectivity index is 1.82. The SMILES string of the molecule is CCN(c1ccc2c(n1)CCC2)C1CCCNC1. The van der Waals surface area contributed by atoms with Crippen LogP contribution in [-0.2, 0) is 12.8 Å². The Labute approximate surface area is 110 Å². The molecule has 0 bridgehead atoms. The molecule has 1 fully saturated rings. The van der Waals surface area contributed by atoms with Crippen molar-refractivity contribution in [2.45, 2.75) is 45.1 Å². The normalized spacial score (nSPS) is 22.8. The first-order chi connectivity index (χ1) is 8.88. The maximum absolute atomic E-state index is 4.90. The Morgan fingerprint density at radius 1 is 1.33 bits per heavy atom. The molecule has 1 N–H and O–H groups in total. The monoisotopic (exact) mass is 245 g/mol. The average molecular weight is 245 g/mol. The Hall–Kier alpha value is -1.09. The fraction of sp³-hybridized carbons (Fsp3) is 0.667. The third-order valence-corrected chi connectivity index (χ3v) is 4.26. The second-order valence-electron chi connectivity index (χ2n) is 5.42. The van der Waals surface area contributed by atoms with Crippen molar-refractivity contribution >= 4 is 5.82 Å². The number of piperidine rings is 1. The minimum absolute atomic E-state index is 0.621. The molecule has 0 radical (unpaired) electrons. The topological polar surface area (TPSA) is 28.2 Å². The van der Waals surface area contributed by atoms with Crippen molar-refractivity contribution in [3.05, 3.63) is 23.4 Å². The van der Waals surface area contributed by atoms with Crippen LogP contribution in [0.5, 0.6) is 0 Å². The number of nitrogens with one attached hydrogen (secondary N) is 1. The zero-order chi connectivity index (χ0) is 12.4. The molecule has 1 aromatic rings. The van der Waals surface area contributed by atoms with Gasteiger partial charge in [-0.25, -0.2) is 4.98 Å². The number of rotatable bonds is 3. The first-order valence-electron chi connectivity index (χ1n) is 7.34. The van der Waals surface area contributed by atoms with E-state index < -0.39 is 0 Å². The van der Waals surface area contributed by atoms with Crippen LogP contribution in [0.1, 0.15) is 37.4 Å². The van der Waals surface area contributed by atoms with E-state index in [1.54, 1.807) is 0 Å². The lowest BCUT2D eigenvalue weighted by atomic mass is 10.1. The maximum Gasteiger partial charge on any atom is 0.129 e. The third kappa shape index (κ3) is 2.24. The molecule has 1 saturated heterocycles. The summed E-state index contributed by atoms with van der Waals surface area (Å²) in [6.45, 7) is 5.57. The zero-order valence-corrected chi connectivity index (χ0v) is 11.3. The summed E-state index contributed by atoms with van der Waals surface area (Å²) in [6, 6.07) is 5.14. The number of aromatic nitrogens is 1. The minimum atomic E-state index is 0.621. The molecule has 98 valence electrons. The summed E-state index contributed by atoms with van der Waals surface area (Å²) >= 11 is 0.